The van der Waals surface area contributed by atoms with Gasteiger partial charge in [-0.15, -0.1) is 0 Å². The standard InChI is InChI=1S/C15H23Cl2N3/c1-4-5-18-14-12(16)7-13(17)15(19-14)20-8-10(2)6-11(3)9-20/h7,10-11H,4-6,8-9H2,1-3H3,(H,18,19). The topological polar surface area (TPSA) is 28.2 Å². The Labute approximate surface area is 131 Å². The van der Waals surface area contributed by atoms with Crippen molar-refractivity contribution < 1.29 is 0 Å². The summed E-state index contributed by atoms with van der Waals surface area (Å²) < 4.78 is 0. The second-order valence-electron chi connectivity index (χ2n) is 5.90. The van der Waals surface area contributed by atoms with Gasteiger partial charge in [-0.25, -0.2) is 4.98 Å². The molecular weight excluding hydrogens is 293 g/mol. The maximum absolute atomic E-state index is 6.35. The highest BCUT2D eigenvalue weighted by Crippen LogP contribution is 2.34. The van der Waals surface area contributed by atoms with Gasteiger partial charge < -0.3 is 10.2 Å². The molecule has 0 amide bonds. The summed E-state index contributed by atoms with van der Waals surface area (Å²) in [5.74, 6) is 2.92. The first kappa shape index (κ1) is 15.7. The lowest BCUT2D eigenvalue weighted by Crippen LogP contribution is -2.39. The maximum atomic E-state index is 6.35. The number of rotatable bonds is 4. The van der Waals surface area contributed by atoms with Gasteiger partial charge in [-0.2, -0.15) is 0 Å². The fourth-order valence-electron chi connectivity index (χ4n) is 2.88. The molecule has 20 heavy (non-hydrogen) atoms. The molecule has 2 rings (SSSR count). The molecule has 0 bridgehead atoms. The molecule has 0 aliphatic carbocycles. The Hall–Kier alpha value is -0.670. The number of pyridine rings is 1. The lowest BCUT2D eigenvalue weighted by Gasteiger charge is -2.36. The van der Waals surface area contributed by atoms with Gasteiger partial charge in [0.15, 0.2) is 0 Å². The average Bonchev–Trinajstić information content (AvgIpc) is 2.36. The van der Waals surface area contributed by atoms with E-state index in [9.17, 15) is 0 Å². The summed E-state index contributed by atoms with van der Waals surface area (Å²) in [6, 6.07) is 1.80. The van der Waals surface area contributed by atoms with Crippen LogP contribution in [0.2, 0.25) is 10.0 Å². The minimum absolute atomic E-state index is 0.588. The smallest absolute Gasteiger partial charge is 0.149 e. The van der Waals surface area contributed by atoms with Crippen LogP contribution in [0.15, 0.2) is 6.07 Å². The van der Waals surface area contributed by atoms with Crippen molar-refractivity contribution in [2.45, 2.75) is 33.6 Å². The van der Waals surface area contributed by atoms with Crippen molar-refractivity contribution in [1.29, 1.82) is 0 Å². The van der Waals surface area contributed by atoms with Crippen molar-refractivity contribution in [3.8, 4) is 0 Å². The fourth-order valence-corrected chi connectivity index (χ4v) is 3.43. The summed E-state index contributed by atoms with van der Waals surface area (Å²) in [4.78, 5) is 6.94. The second-order valence-corrected chi connectivity index (χ2v) is 6.72. The van der Waals surface area contributed by atoms with Crippen molar-refractivity contribution >= 4 is 34.8 Å². The van der Waals surface area contributed by atoms with Gasteiger partial charge in [0.2, 0.25) is 0 Å². The molecular formula is C15H23Cl2N3. The summed E-state index contributed by atoms with van der Waals surface area (Å²) in [6.07, 6.45) is 2.30. The Morgan fingerprint density at radius 3 is 2.50 bits per heavy atom. The Kier molecular flexibility index (Phi) is 5.39. The first-order valence-corrected chi connectivity index (χ1v) is 8.11. The van der Waals surface area contributed by atoms with E-state index in [2.05, 4.69) is 36.0 Å². The van der Waals surface area contributed by atoms with Crippen molar-refractivity contribution in [2.24, 2.45) is 11.8 Å². The second kappa shape index (κ2) is 6.86. The Morgan fingerprint density at radius 2 is 1.90 bits per heavy atom. The first-order chi connectivity index (χ1) is 9.51. The molecule has 1 aliphatic rings. The SMILES string of the molecule is CCCNc1nc(N2CC(C)CC(C)C2)c(Cl)cc1Cl. The lowest BCUT2D eigenvalue weighted by atomic mass is 9.92. The summed E-state index contributed by atoms with van der Waals surface area (Å²) in [7, 11) is 0. The number of anilines is 2. The van der Waals surface area contributed by atoms with Crippen LogP contribution in [0, 0.1) is 11.8 Å². The van der Waals surface area contributed by atoms with Gasteiger partial charge in [0, 0.05) is 19.6 Å². The van der Waals surface area contributed by atoms with E-state index in [-0.39, 0.29) is 0 Å². The van der Waals surface area contributed by atoms with Crippen molar-refractivity contribution in [2.75, 3.05) is 29.9 Å². The van der Waals surface area contributed by atoms with Crippen LogP contribution >= 0.6 is 23.2 Å². The zero-order chi connectivity index (χ0) is 14.7. The highest BCUT2D eigenvalue weighted by molar-refractivity contribution is 6.37. The number of hydrogen-bond donors (Lipinski definition) is 1. The van der Waals surface area contributed by atoms with Gasteiger partial charge in [0.1, 0.15) is 11.6 Å². The highest BCUT2D eigenvalue weighted by atomic mass is 35.5. The highest BCUT2D eigenvalue weighted by Gasteiger charge is 2.25. The van der Waals surface area contributed by atoms with E-state index >= 15 is 0 Å². The number of halogens is 2. The first-order valence-electron chi connectivity index (χ1n) is 7.36. The number of hydrogen-bond acceptors (Lipinski definition) is 3. The van der Waals surface area contributed by atoms with Crippen LogP contribution in [-0.4, -0.2) is 24.6 Å². The molecule has 0 radical (unpaired) electrons. The van der Waals surface area contributed by atoms with Gasteiger partial charge in [0.05, 0.1) is 10.0 Å². The minimum Gasteiger partial charge on any atom is -0.369 e. The number of nitrogens with zero attached hydrogens (tertiary/aromatic N) is 2. The van der Waals surface area contributed by atoms with Gasteiger partial charge in [-0.05, 0) is 30.7 Å². The zero-order valence-electron chi connectivity index (χ0n) is 12.4. The molecule has 3 nitrogen and oxygen atoms in total. The van der Waals surface area contributed by atoms with E-state index in [1.165, 1.54) is 6.42 Å². The van der Waals surface area contributed by atoms with Crippen LogP contribution in [-0.2, 0) is 0 Å². The number of nitrogens with one attached hydrogen (secondary N) is 1. The Bertz CT molecular complexity index is 455. The number of piperidine rings is 1. The fraction of sp³-hybridized carbons (Fsp3) is 0.667. The minimum atomic E-state index is 0.588. The van der Waals surface area contributed by atoms with Crippen molar-refractivity contribution in [3.63, 3.8) is 0 Å². The van der Waals surface area contributed by atoms with Crippen LogP contribution < -0.4 is 10.2 Å². The third-order valence-electron chi connectivity index (χ3n) is 3.62. The number of aromatic nitrogens is 1. The van der Waals surface area contributed by atoms with Crippen LogP contribution in [0.4, 0.5) is 11.6 Å². The molecule has 1 aromatic rings. The van der Waals surface area contributed by atoms with E-state index in [1.54, 1.807) is 6.07 Å². The molecule has 112 valence electrons. The van der Waals surface area contributed by atoms with Crippen molar-refractivity contribution in [1.82, 2.24) is 4.98 Å². The summed E-state index contributed by atoms with van der Waals surface area (Å²) in [5.41, 5.74) is 0. The van der Waals surface area contributed by atoms with Crippen molar-refractivity contribution in [3.05, 3.63) is 16.1 Å². The quantitative estimate of drug-likeness (QED) is 0.873. The molecule has 2 atom stereocenters. The van der Waals surface area contributed by atoms with Gasteiger partial charge in [-0.1, -0.05) is 44.0 Å². The molecule has 1 fully saturated rings. The predicted octanol–water partition coefficient (Wildman–Crippen LogP) is 4.69. The molecule has 2 heterocycles. The van der Waals surface area contributed by atoms with E-state index in [0.29, 0.717) is 21.9 Å². The normalized spacial score (nSPS) is 22.9. The van der Waals surface area contributed by atoms with E-state index in [4.69, 9.17) is 23.2 Å². The van der Waals surface area contributed by atoms with Crippen LogP contribution in [0.3, 0.4) is 0 Å². The summed E-state index contributed by atoms with van der Waals surface area (Å²) in [5, 5.41) is 4.49. The van der Waals surface area contributed by atoms with E-state index < -0.39 is 0 Å². The summed E-state index contributed by atoms with van der Waals surface area (Å²) in [6.45, 7) is 9.55. The van der Waals surface area contributed by atoms with Gasteiger partial charge in [0.25, 0.3) is 0 Å². The zero-order valence-corrected chi connectivity index (χ0v) is 13.9. The van der Waals surface area contributed by atoms with Gasteiger partial charge >= 0.3 is 0 Å². The van der Waals surface area contributed by atoms with Crippen LogP contribution in [0.1, 0.15) is 33.6 Å². The monoisotopic (exact) mass is 315 g/mol. The molecule has 0 aromatic carbocycles. The Morgan fingerprint density at radius 1 is 1.25 bits per heavy atom. The molecule has 1 saturated heterocycles. The predicted molar refractivity (Wildman–Crippen MR) is 88.2 cm³/mol. The molecule has 1 N–H and O–H groups in total. The Balaban J connectivity index is 2.25. The molecule has 0 saturated carbocycles. The summed E-state index contributed by atoms with van der Waals surface area (Å²) >= 11 is 12.6. The average molecular weight is 316 g/mol. The molecule has 1 aromatic heterocycles. The van der Waals surface area contributed by atoms with Gasteiger partial charge in [-0.3, -0.25) is 0 Å². The van der Waals surface area contributed by atoms with E-state index in [1.807, 2.05) is 0 Å². The third-order valence-corrected chi connectivity index (χ3v) is 4.19. The van der Waals surface area contributed by atoms with Crippen LogP contribution in [0.5, 0.6) is 0 Å². The molecule has 5 heteroatoms. The maximum Gasteiger partial charge on any atom is 0.149 e. The lowest BCUT2D eigenvalue weighted by molar-refractivity contribution is 0.355. The van der Waals surface area contributed by atoms with Crippen LogP contribution in [0.25, 0.3) is 0 Å². The molecule has 1 aliphatic heterocycles. The molecule has 2 unspecified atom stereocenters. The third kappa shape index (κ3) is 3.70. The van der Waals surface area contributed by atoms with E-state index in [0.717, 1.165) is 37.7 Å². The molecule has 0 spiro atoms. The largest absolute Gasteiger partial charge is 0.369 e.